The van der Waals surface area contributed by atoms with Crippen LogP contribution in [0.5, 0.6) is 5.75 Å². The second-order valence-electron chi connectivity index (χ2n) is 7.64. The smallest absolute Gasteiger partial charge is 0.115 e. The number of hydrogen-bond acceptors (Lipinski definition) is 3. The van der Waals surface area contributed by atoms with Crippen molar-refractivity contribution in [3.05, 3.63) is 102 Å². The van der Waals surface area contributed by atoms with Gasteiger partial charge in [-0.05, 0) is 41.7 Å². The van der Waals surface area contributed by atoms with Crippen LogP contribution in [0.3, 0.4) is 0 Å². The molecule has 1 heterocycles. The van der Waals surface area contributed by atoms with Crippen molar-refractivity contribution in [2.45, 2.75) is 37.4 Å². The number of rotatable bonds is 6. The number of phenolic OH excluding ortho intramolecular Hbond substituents is 1. The number of piperidine rings is 1. The molecule has 2 atom stereocenters. The molecule has 3 N–H and O–H groups in total. The van der Waals surface area contributed by atoms with Crippen molar-refractivity contribution >= 4 is 0 Å². The number of phenols is 1. The SMILES string of the molecule is Oc1ccc(CN[C@@H]2CC[C@H](C(c3ccccc3)c3ccccc3)NC2)cc1. The van der Waals surface area contributed by atoms with E-state index in [1.54, 1.807) is 12.1 Å². The fraction of sp³-hybridized carbons (Fsp3) is 0.280. The van der Waals surface area contributed by atoms with Crippen LogP contribution in [0.15, 0.2) is 84.9 Å². The normalized spacial score (nSPS) is 19.6. The van der Waals surface area contributed by atoms with E-state index in [9.17, 15) is 5.11 Å². The zero-order valence-electron chi connectivity index (χ0n) is 16.1. The first-order chi connectivity index (χ1) is 13.8. The summed E-state index contributed by atoms with van der Waals surface area (Å²) in [7, 11) is 0. The van der Waals surface area contributed by atoms with Crippen molar-refractivity contribution in [2.75, 3.05) is 6.54 Å². The molecule has 3 aromatic rings. The van der Waals surface area contributed by atoms with E-state index in [2.05, 4.69) is 71.3 Å². The molecule has 144 valence electrons. The Morgan fingerprint density at radius 1 is 0.821 bits per heavy atom. The van der Waals surface area contributed by atoms with Crippen molar-refractivity contribution in [3.63, 3.8) is 0 Å². The fourth-order valence-electron chi connectivity index (χ4n) is 4.19. The Labute approximate surface area is 167 Å². The van der Waals surface area contributed by atoms with E-state index in [-0.39, 0.29) is 0 Å². The lowest BCUT2D eigenvalue weighted by Gasteiger charge is -2.36. The van der Waals surface area contributed by atoms with Crippen molar-refractivity contribution in [3.8, 4) is 5.75 Å². The molecule has 1 fully saturated rings. The van der Waals surface area contributed by atoms with Crippen LogP contribution in [0, 0.1) is 0 Å². The molecule has 28 heavy (non-hydrogen) atoms. The van der Waals surface area contributed by atoms with Crippen LogP contribution in [-0.2, 0) is 6.54 Å². The number of aromatic hydroxyl groups is 1. The summed E-state index contributed by atoms with van der Waals surface area (Å²) in [5.41, 5.74) is 3.95. The molecular formula is C25H28N2O. The van der Waals surface area contributed by atoms with Crippen LogP contribution in [0.2, 0.25) is 0 Å². The average molecular weight is 373 g/mol. The van der Waals surface area contributed by atoms with E-state index in [0.717, 1.165) is 25.9 Å². The van der Waals surface area contributed by atoms with Gasteiger partial charge in [-0.15, -0.1) is 0 Å². The molecule has 3 aromatic carbocycles. The quantitative estimate of drug-likeness (QED) is 0.600. The minimum absolute atomic E-state index is 0.318. The molecule has 3 heteroatoms. The Morgan fingerprint density at radius 3 is 1.96 bits per heavy atom. The Balaban J connectivity index is 1.40. The first kappa shape index (κ1) is 18.7. The van der Waals surface area contributed by atoms with Crippen LogP contribution < -0.4 is 10.6 Å². The fourth-order valence-corrected chi connectivity index (χ4v) is 4.19. The summed E-state index contributed by atoms with van der Waals surface area (Å²) in [6.45, 7) is 1.80. The monoisotopic (exact) mass is 372 g/mol. The molecule has 0 aliphatic carbocycles. The van der Waals surface area contributed by atoms with Gasteiger partial charge in [-0.1, -0.05) is 72.8 Å². The van der Waals surface area contributed by atoms with E-state index < -0.39 is 0 Å². The highest BCUT2D eigenvalue weighted by Crippen LogP contribution is 2.31. The highest BCUT2D eigenvalue weighted by atomic mass is 16.3. The van der Waals surface area contributed by atoms with E-state index in [1.807, 2.05) is 12.1 Å². The molecular weight excluding hydrogens is 344 g/mol. The molecule has 1 aliphatic heterocycles. The zero-order chi connectivity index (χ0) is 19.2. The highest BCUT2D eigenvalue weighted by molar-refractivity contribution is 5.34. The summed E-state index contributed by atoms with van der Waals surface area (Å²) in [6, 6.07) is 30.0. The molecule has 0 unspecified atom stereocenters. The van der Waals surface area contributed by atoms with Crippen molar-refractivity contribution < 1.29 is 5.11 Å². The number of hydrogen-bond donors (Lipinski definition) is 3. The minimum Gasteiger partial charge on any atom is -0.508 e. The van der Waals surface area contributed by atoms with Gasteiger partial charge in [0.25, 0.3) is 0 Å². The van der Waals surface area contributed by atoms with Gasteiger partial charge in [-0.3, -0.25) is 0 Å². The molecule has 0 spiro atoms. The van der Waals surface area contributed by atoms with Crippen molar-refractivity contribution in [2.24, 2.45) is 0 Å². The maximum Gasteiger partial charge on any atom is 0.115 e. The lowest BCUT2D eigenvalue weighted by molar-refractivity contribution is 0.307. The minimum atomic E-state index is 0.318. The number of nitrogens with one attached hydrogen (secondary N) is 2. The summed E-state index contributed by atoms with van der Waals surface area (Å²) < 4.78 is 0. The summed E-state index contributed by atoms with van der Waals surface area (Å²) >= 11 is 0. The Morgan fingerprint density at radius 2 is 1.43 bits per heavy atom. The van der Waals surface area contributed by atoms with Gasteiger partial charge in [0.05, 0.1) is 0 Å². The standard InChI is InChI=1S/C25H28N2O/c28-23-14-11-19(12-15-23)17-26-22-13-16-24(27-18-22)25(20-7-3-1-4-8-20)21-9-5-2-6-10-21/h1-12,14-15,22,24-28H,13,16-18H2/t22-,24-/m1/s1. The third-order valence-corrected chi connectivity index (χ3v) is 5.70. The molecule has 0 aromatic heterocycles. The molecule has 3 nitrogen and oxygen atoms in total. The molecule has 0 saturated carbocycles. The van der Waals surface area contributed by atoms with Gasteiger partial charge in [0, 0.05) is 31.1 Å². The predicted octanol–water partition coefficient (Wildman–Crippen LogP) is 4.43. The third-order valence-electron chi connectivity index (χ3n) is 5.70. The lowest BCUT2D eigenvalue weighted by Crippen LogP contribution is -2.49. The van der Waals surface area contributed by atoms with Gasteiger partial charge < -0.3 is 15.7 Å². The van der Waals surface area contributed by atoms with E-state index >= 15 is 0 Å². The van der Waals surface area contributed by atoms with Crippen LogP contribution in [-0.4, -0.2) is 23.7 Å². The average Bonchev–Trinajstić information content (AvgIpc) is 2.76. The van der Waals surface area contributed by atoms with Crippen LogP contribution in [0.1, 0.15) is 35.4 Å². The van der Waals surface area contributed by atoms with Gasteiger partial charge in [-0.25, -0.2) is 0 Å². The van der Waals surface area contributed by atoms with Gasteiger partial charge in [0.1, 0.15) is 5.75 Å². The van der Waals surface area contributed by atoms with Gasteiger partial charge in [-0.2, -0.15) is 0 Å². The molecule has 0 amide bonds. The van der Waals surface area contributed by atoms with Crippen LogP contribution in [0.25, 0.3) is 0 Å². The topological polar surface area (TPSA) is 44.3 Å². The maximum atomic E-state index is 9.41. The Hall–Kier alpha value is -2.62. The number of benzene rings is 3. The molecule has 0 radical (unpaired) electrons. The van der Waals surface area contributed by atoms with Crippen molar-refractivity contribution in [1.82, 2.24) is 10.6 Å². The largest absolute Gasteiger partial charge is 0.508 e. The third kappa shape index (κ3) is 4.61. The molecule has 0 bridgehead atoms. The summed E-state index contributed by atoms with van der Waals surface area (Å²) in [4.78, 5) is 0. The zero-order valence-corrected chi connectivity index (χ0v) is 16.1. The van der Waals surface area contributed by atoms with E-state index in [1.165, 1.54) is 16.7 Å². The van der Waals surface area contributed by atoms with Gasteiger partial charge >= 0.3 is 0 Å². The summed E-state index contributed by atoms with van der Waals surface area (Å²) in [5.74, 6) is 0.694. The molecule has 4 rings (SSSR count). The lowest BCUT2D eigenvalue weighted by atomic mass is 9.81. The summed E-state index contributed by atoms with van der Waals surface area (Å²) in [6.07, 6.45) is 2.30. The Bertz CT molecular complexity index is 801. The Kier molecular flexibility index (Phi) is 6.05. The first-order valence-corrected chi connectivity index (χ1v) is 10.1. The molecule has 1 aliphatic rings. The van der Waals surface area contributed by atoms with E-state index in [0.29, 0.717) is 23.8 Å². The first-order valence-electron chi connectivity index (χ1n) is 10.1. The maximum absolute atomic E-state index is 9.41. The predicted molar refractivity (Wildman–Crippen MR) is 114 cm³/mol. The van der Waals surface area contributed by atoms with Crippen molar-refractivity contribution in [1.29, 1.82) is 0 Å². The highest BCUT2D eigenvalue weighted by Gasteiger charge is 2.29. The molecule has 1 saturated heterocycles. The van der Waals surface area contributed by atoms with E-state index in [4.69, 9.17) is 0 Å². The van der Waals surface area contributed by atoms with Gasteiger partial charge in [0.15, 0.2) is 0 Å². The summed E-state index contributed by atoms with van der Waals surface area (Å²) in [5, 5.41) is 16.9. The second kappa shape index (κ2) is 9.05. The van der Waals surface area contributed by atoms with Crippen LogP contribution >= 0.6 is 0 Å². The van der Waals surface area contributed by atoms with Gasteiger partial charge in [0.2, 0.25) is 0 Å². The van der Waals surface area contributed by atoms with Crippen LogP contribution in [0.4, 0.5) is 0 Å². The second-order valence-corrected chi connectivity index (χ2v) is 7.64.